The van der Waals surface area contributed by atoms with E-state index in [1.807, 2.05) is 6.07 Å². The van der Waals surface area contributed by atoms with E-state index in [0.29, 0.717) is 0 Å². The molecule has 0 aromatic heterocycles. The predicted molar refractivity (Wildman–Crippen MR) is 68.6 cm³/mol. The van der Waals surface area contributed by atoms with Crippen LogP contribution in [0.2, 0.25) is 0 Å². The van der Waals surface area contributed by atoms with Gasteiger partial charge in [0.1, 0.15) is 0 Å². The second-order valence-electron chi connectivity index (χ2n) is 3.87. The van der Waals surface area contributed by atoms with Crippen molar-refractivity contribution in [1.82, 2.24) is 4.31 Å². The Morgan fingerprint density at radius 2 is 2.05 bits per heavy atom. The number of sulfonamides is 1. The van der Waals surface area contributed by atoms with Crippen molar-refractivity contribution in [3.63, 3.8) is 0 Å². The van der Waals surface area contributed by atoms with Gasteiger partial charge >= 0.3 is 0 Å². The molecular formula is C11H13N3O4S. The fourth-order valence-electron chi connectivity index (χ4n) is 1.46. The first-order valence-electron chi connectivity index (χ1n) is 5.41. The van der Waals surface area contributed by atoms with Gasteiger partial charge in [-0.05, 0) is 0 Å². The zero-order valence-electron chi connectivity index (χ0n) is 10.3. The number of nitro groups is 1. The second-order valence-corrected chi connectivity index (χ2v) is 5.95. The van der Waals surface area contributed by atoms with E-state index in [4.69, 9.17) is 5.26 Å². The summed E-state index contributed by atoms with van der Waals surface area (Å²) in [6, 6.07) is 7.55. The maximum Gasteiger partial charge on any atom is 0.273 e. The summed E-state index contributed by atoms with van der Waals surface area (Å²) in [4.78, 5) is 10.2. The Labute approximate surface area is 111 Å². The smallest absolute Gasteiger partial charge is 0.258 e. The fourth-order valence-corrected chi connectivity index (χ4v) is 2.69. The average Bonchev–Trinajstić information content (AvgIpc) is 2.35. The van der Waals surface area contributed by atoms with Crippen LogP contribution in [0.5, 0.6) is 0 Å². The molecule has 0 bridgehead atoms. The molecule has 0 atom stereocenters. The molecule has 19 heavy (non-hydrogen) atoms. The van der Waals surface area contributed by atoms with Crippen molar-refractivity contribution in [3.05, 3.63) is 39.9 Å². The van der Waals surface area contributed by atoms with Gasteiger partial charge in [0.2, 0.25) is 10.0 Å². The van der Waals surface area contributed by atoms with Gasteiger partial charge in [-0.15, -0.1) is 0 Å². The Morgan fingerprint density at radius 1 is 1.42 bits per heavy atom. The number of hydrogen-bond acceptors (Lipinski definition) is 5. The van der Waals surface area contributed by atoms with E-state index in [9.17, 15) is 18.5 Å². The minimum Gasteiger partial charge on any atom is -0.258 e. The fraction of sp³-hybridized carbons (Fsp3) is 0.364. The van der Waals surface area contributed by atoms with Crippen LogP contribution < -0.4 is 0 Å². The van der Waals surface area contributed by atoms with Crippen LogP contribution in [0.25, 0.3) is 0 Å². The van der Waals surface area contributed by atoms with E-state index < -0.39 is 20.7 Å². The minimum atomic E-state index is -3.66. The lowest BCUT2D eigenvalue weighted by molar-refractivity contribution is -0.385. The van der Waals surface area contributed by atoms with Gasteiger partial charge in [-0.1, -0.05) is 18.2 Å². The van der Waals surface area contributed by atoms with Crippen LogP contribution in [-0.2, 0) is 15.8 Å². The number of hydrogen-bond donors (Lipinski definition) is 0. The van der Waals surface area contributed by atoms with Crippen molar-refractivity contribution in [1.29, 1.82) is 5.26 Å². The molecule has 0 unspecified atom stereocenters. The van der Waals surface area contributed by atoms with E-state index in [0.717, 1.165) is 4.31 Å². The molecule has 0 aliphatic rings. The van der Waals surface area contributed by atoms with Crippen molar-refractivity contribution >= 4 is 15.7 Å². The summed E-state index contributed by atoms with van der Waals surface area (Å²) >= 11 is 0. The normalized spacial score (nSPS) is 11.2. The summed E-state index contributed by atoms with van der Waals surface area (Å²) < 4.78 is 25.0. The molecule has 0 saturated heterocycles. The minimum absolute atomic E-state index is 0.0689. The Bertz CT molecular complexity index is 607. The van der Waals surface area contributed by atoms with Gasteiger partial charge in [0.15, 0.2) is 0 Å². The lowest BCUT2D eigenvalue weighted by Crippen LogP contribution is -2.29. The molecule has 0 aliphatic carbocycles. The van der Waals surface area contributed by atoms with Crippen molar-refractivity contribution in [3.8, 4) is 6.07 Å². The van der Waals surface area contributed by atoms with Crippen LogP contribution in [-0.4, -0.2) is 31.2 Å². The molecule has 0 amide bonds. The molecule has 102 valence electrons. The molecule has 0 aliphatic heterocycles. The van der Waals surface area contributed by atoms with E-state index in [1.54, 1.807) is 6.07 Å². The Hall–Kier alpha value is -1.98. The molecule has 0 heterocycles. The van der Waals surface area contributed by atoms with Gasteiger partial charge < -0.3 is 0 Å². The number of nitriles is 1. The van der Waals surface area contributed by atoms with Crippen molar-refractivity contribution in [2.45, 2.75) is 12.2 Å². The molecule has 0 radical (unpaired) electrons. The standard InChI is InChI=1S/C11H13N3O4S/c1-13(8-4-7-12)19(17,18)9-10-5-2-3-6-11(10)14(15)16/h2-3,5-6H,4,8-9H2,1H3. The predicted octanol–water partition coefficient (Wildman–Crippen LogP) is 1.27. The molecule has 1 aromatic rings. The van der Waals surface area contributed by atoms with Crippen molar-refractivity contribution < 1.29 is 13.3 Å². The van der Waals surface area contributed by atoms with E-state index in [2.05, 4.69) is 0 Å². The third-order valence-electron chi connectivity index (χ3n) is 2.54. The highest BCUT2D eigenvalue weighted by Crippen LogP contribution is 2.21. The first-order chi connectivity index (χ1) is 8.88. The van der Waals surface area contributed by atoms with Crippen LogP contribution in [0.4, 0.5) is 5.69 Å². The Morgan fingerprint density at radius 3 is 2.63 bits per heavy atom. The maximum atomic E-state index is 12.0. The average molecular weight is 283 g/mol. The van der Waals surface area contributed by atoms with Gasteiger partial charge in [0, 0.05) is 31.6 Å². The van der Waals surface area contributed by atoms with Crippen molar-refractivity contribution in [2.24, 2.45) is 0 Å². The highest BCUT2D eigenvalue weighted by molar-refractivity contribution is 7.88. The van der Waals surface area contributed by atoms with E-state index in [1.165, 1.54) is 25.2 Å². The molecule has 0 N–H and O–H groups in total. The highest BCUT2D eigenvalue weighted by Gasteiger charge is 2.23. The summed E-state index contributed by atoms with van der Waals surface area (Å²) in [5, 5.41) is 19.2. The zero-order chi connectivity index (χ0) is 14.5. The van der Waals surface area contributed by atoms with Crippen molar-refractivity contribution in [2.75, 3.05) is 13.6 Å². The van der Waals surface area contributed by atoms with Gasteiger partial charge in [0.05, 0.1) is 16.7 Å². The van der Waals surface area contributed by atoms with E-state index in [-0.39, 0.29) is 24.2 Å². The number of nitro benzene ring substituents is 1. The first-order valence-corrected chi connectivity index (χ1v) is 7.02. The first kappa shape index (κ1) is 15.1. The molecule has 8 heteroatoms. The summed E-state index contributed by atoms with van der Waals surface area (Å²) in [6.45, 7) is 0.0689. The number of benzene rings is 1. The monoisotopic (exact) mass is 283 g/mol. The molecule has 7 nitrogen and oxygen atoms in total. The molecule has 1 aromatic carbocycles. The number of para-hydroxylation sites is 1. The molecular weight excluding hydrogens is 270 g/mol. The third kappa shape index (κ3) is 4.01. The Kier molecular flexibility index (Phi) is 4.97. The molecule has 0 fully saturated rings. The Balaban J connectivity index is 2.96. The number of rotatable bonds is 6. The largest absolute Gasteiger partial charge is 0.273 e. The molecule has 0 spiro atoms. The zero-order valence-corrected chi connectivity index (χ0v) is 11.1. The van der Waals surface area contributed by atoms with E-state index >= 15 is 0 Å². The van der Waals surface area contributed by atoms with Gasteiger partial charge in [-0.2, -0.15) is 5.26 Å². The van der Waals surface area contributed by atoms with Crippen LogP contribution in [0.3, 0.4) is 0 Å². The van der Waals surface area contributed by atoms with Crippen LogP contribution in [0, 0.1) is 21.4 Å². The topological polar surface area (TPSA) is 104 Å². The summed E-state index contributed by atoms with van der Waals surface area (Å²) in [5.41, 5.74) is -0.0870. The molecule has 0 saturated carbocycles. The highest BCUT2D eigenvalue weighted by atomic mass is 32.2. The van der Waals surface area contributed by atoms with Gasteiger partial charge in [-0.25, -0.2) is 12.7 Å². The lowest BCUT2D eigenvalue weighted by Gasteiger charge is -2.15. The maximum absolute atomic E-state index is 12.0. The summed E-state index contributed by atoms with van der Waals surface area (Å²) in [7, 11) is -2.32. The quantitative estimate of drug-likeness (QED) is 0.577. The van der Waals surface area contributed by atoms with Crippen LogP contribution >= 0.6 is 0 Å². The lowest BCUT2D eigenvalue weighted by atomic mass is 10.2. The van der Waals surface area contributed by atoms with Crippen LogP contribution in [0.1, 0.15) is 12.0 Å². The SMILES string of the molecule is CN(CCC#N)S(=O)(=O)Cc1ccccc1[N+](=O)[O-]. The number of nitrogens with zero attached hydrogens (tertiary/aromatic N) is 3. The second kappa shape index (κ2) is 6.26. The van der Waals surface area contributed by atoms with Gasteiger partial charge in [0.25, 0.3) is 5.69 Å². The van der Waals surface area contributed by atoms with Gasteiger partial charge in [-0.3, -0.25) is 10.1 Å². The molecule has 1 rings (SSSR count). The third-order valence-corrected chi connectivity index (χ3v) is 4.35. The summed E-state index contributed by atoms with van der Waals surface area (Å²) in [6.07, 6.45) is 0.0760. The van der Waals surface area contributed by atoms with Crippen LogP contribution in [0.15, 0.2) is 24.3 Å². The summed E-state index contributed by atoms with van der Waals surface area (Å²) in [5.74, 6) is -0.452.